The molecule has 0 aliphatic carbocycles. The highest BCUT2D eigenvalue weighted by Crippen LogP contribution is 2.56. The van der Waals surface area contributed by atoms with Crippen molar-refractivity contribution >= 4 is 7.85 Å². The van der Waals surface area contributed by atoms with E-state index in [0.717, 1.165) is 17.7 Å². The van der Waals surface area contributed by atoms with Crippen molar-refractivity contribution < 1.29 is 0 Å². The van der Waals surface area contributed by atoms with Crippen LogP contribution in [0.15, 0.2) is 0 Å². The summed E-state index contributed by atoms with van der Waals surface area (Å²) in [4.78, 5) is 0. The normalized spacial score (nSPS) is 19.0. The van der Waals surface area contributed by atoms with Crippen LogP contribution in [0.5, 0.6) is 0 Å². The maximum Gasteiger partial charge on any atom is 0.105 e. The molecular weight excluding hydrogens is 263 g/mol. The molecule has 0 heterocycles. The van der Waals surface area contributed by atoms with Crippen molar-refractivity contribution in [3.63, 3.8) is 0 Å². The molecule has 0 spiro atoms. The molecule has 0 radical (unpaired) electrons. The van der Waals surface area contributed by atoms with E-state index in [1.807, 2.05) is 0 Å². The zero-order chi connectivity index (χ0) is 17.8. The van der Waals surface area contributed by atoms with Gasteiger partial charge in [-0.2, -0.15) is 0 Å². The van der Waals surface area contributed by atoms with E-state index in [1.54, 1.807) is 0 Å². The standard InChI is InChI=1S/C21H45B/c1-11-13-18(22)15-19(6,7)20(8,9)17(5)21(10,12-2)14-16(3)4/h16-18H,11-15,22H2,1-10H3. The summed E-state index contributed by atoms with van der Waals surface area (Å²) < 4.78 is 0. The summed E-state index contributed by atoms with van der Waals surface area (Å²) in [6, 6.07) is 0. The third-order valence-electron chi connectivity index (χ3n) is 7.19. The van der Waals surface area contributed by atoms with Gasteiger partial charge in [0.05, 0.1) is 0 Å². The van der Waals surface area contributed by atoms with E-state index in [1.165, 1.54) is 32.1 Å². The minimum absolute atomic E-state index is 0.356. The molecule has 0 rings (SSSR count). The Bertz CT molecular complexity index is 316. The van der Waals surface area contributed by atoms with Gasteiger partial charge in [-0.05, 0) is 34.5 Å². The fourth-order valence-electron chi connectivity index (χ4n) is 4.75. The van der Waals surface area contributed by atoms with Gasteiger partial charge in [0.25, 0.3) is 0 Å². The minimum atomic E-state index is 0.356. The molecule has 0 aromatic carbocycles. The van der Waals surface area contributed by atoms with Gasteiger partial charge in [0.15, 0.2) is 0 Å². The van der Waals surface area contributed by atoms with E-state index in [-0.39, 0.29) is 0 Å². The number of hydrogen-bond acceptors (Lipinski definition) is 0. The third-order valence-corrected chi connectivity index (χ3v) is 7.19. The van der Waals surface area contributed by atoms with Crippen LogP contribution in [0.2, 0.25) is 5.82 Å². The average Bonchev–Trinajstić information content (AvgIpc) is 2.36. The molecule has 22 heavy (non-hydrogen) atoms. The van der Waals surface area contributed by atoms with E-state index in [9.17, 15) is 0 Å². The Labute approximate surface area is 143 Å². The summed E-state index contributed by atoms with van der Waals surface area (Å²) in [6.45, 7) is 24.6. The Hall–Kier alpha value is 0.0649. The van der Waals surface area contributed by atoms with Crippen LogP contribution in [-0.2, 0) is 0 Å². The maximum atomic E-state index is 2.53. The third kappa shape index (κ3) is 5.31. The van der Waals surface area contributed by atoms with E-state index in [2.05, 4.69) is 77.1 Å². The largest absolute Gasteiger partial charge is 0.105 e. The molecule has 0 saturated heterocycles. The average molecular weight is 308 g/mol. The lowest BCUT2D eigenvalue weighted by molar-refractivity contribution is -0.0382. The van der Waals surface area contributed by atoms with Gasteiger partial charge >= 0.3 is 0 Å². The quantitative estimate of drug-likeness (QED) is 0.392. The van der Waals surface area contributed by atoms with Crippen LogP contribution < -0.4 is 0 Å². The lowest BCUT2D eigenvalue weighted by atomic mass is 9.50. The molecule has 0 fully saturated rings. The van der Waals surface area contributed by atoms with Crippen molar-refractivity contribution in [2.24, 2.45) is 28.1 Å². The Morgan fingerprint density at radius 1 is 0.864 bits per heavy atom. The summed E-state index contributed by atoms with van der Waals surface area (Å²) in [6.07, 6.45) is 6.66. The molecule has 0 amide bonds. The van der Waals surface area contributed by atoms with Crippen molar-refractivity contribution in [1.29, 1.82) is 0 Å². The van der Waals surface area contributed by atoms with Gasteiger partial charge in [-0.15, -0.1) is 0 Å². The minimum Gasteiger partial charge on any atom is -0.0692 e. The molecule has 0 nitrogen and oxygen atoms in total. The molecule has 0 aliphatic rings. The van der Waals surface area contributed by atoms with Gasteiger partial charge in [0.1, 0.15) is 7.85 Å². The summed E-state index contributed by atoms with van der Waals surface area (Å²) >= 11 is 0. The first kappa shape index (κ1) is 22.1. The van der Waals surface area contributed by atoms with Crippen LogP contribution in [0.4, 0.5) is 0 Å². The van der Waals surface area contributed by atoms with Crippen molar-refractivity contribution in [2.45, 2.75) is 107 Å². The second kappa shape index (κ2) is 8.25. The van der Waals surface area contributed by atoms with Gasteiger partial charge in [0.2, 0.25) is 0 Å². The highest BCUT2D eigenvalue weighted by Gasteiger charge is 2.47. The van der Waals surface area contributed by atoms with Crippen LogP contribution in [-0.4, -0.2) is 7.85 Å². The monoisotopic (exact) mass is 308 g/mol. The zero-order valence-corrected chi connectivity index (χ0v) is 17.8. The molecule has 0 N–H and O–H groups in total. The molecule has 1 heteroatoms. The zero-order valence-electron chi connectivity index (χ0n) is 17.8. The molecule has 0 saturated carbocycles. The predicted molar refractivity (Wildman–Crippen MR) is 106 cm³/mol. The molecule has 3 atom stereocenters. The Balaban J connectivity index is 5.31. The maximum absolute atomic E-state index is 2.53. The van der Waals surface area contributed by atoms with E-state index < -0.39 is 0 Å². The lowest BCUT2D eigenvalue weighted by Crippen LogP contribution is -2.45. The fourth-order valence-corrected chi connectivity index (χ4v) is 4.75. The second-order valence-corrected chi connectivity index (χ2v) is 10.0. The Morgan fingerprint density at radius 2 is 1.36 bits per heavy atom. The SMILES string of the molecule is BC(CCC)CC(C)(C)C(C)(C)C(C)C(C)(CC)CC(C)C. The van der Waals surface area contributed by atoms with Gasteiger partial charge in [-0.25, -0.2) is 0 Å². The van der Waals surface area contributed by atoms with E-state index in [4.69, 9.17) is 0 Å². The molecule has 0 aromatic rings. The lowest BCUT2D eigenvalue weighted by Gasteiger charge is -2.54. The molecule has 0 aromatic heterocycles. The molecule has 0 bridgehead atoms. The van der Waals surface area contributed by atoms with Crippen LogP contribution in [0, 0.1) is 28.1 Å². The fraction of sp³-hybridized carbons (Fsp3) is 1.00. The first-order valence-electron chi connectivity index (χ1n) is 9.84. The topological polar surface area (TPSA) is 0 Å². The highest BCUT2D eigenvalue weighted by atomic mass is 14.5. The van der Waals surface area contributed by atoms with E-state index >= 15 is 0 Å². The van der Waals surface area contributed by atoms with E-state index in [0.29, 0.717) is 16.2 Å². The van der Waals surface area contributed by atoms with Crippen LogP contribution >= 0.6 is 0 Å². The molecule has 132 valence electrons. The number of hydrogen-bond donors (Lipinski definition) is 0. The summed E-state index contributed by atoms with van der Waals surface area (Å²) in [5.74, 6) is 2.35. The second-order valence-electron chi connectivity index (χ2n) is 10.0. The van der Waals surface area contributed by atoms with Gasteiger partial charge in [0, 0.05) is 0 Å². The first-order valence-corrected chi connectivity index (χ1v) is 9.84. The van der Waals surface area contributed by atoms with Crippen LogP contribution in [0.3, 0.4) is 0 Å². The van der Waals surface area contributed by atoms with Crippen molar-refractivity contribution in [3.05, 3.63) is 0 Å². The van der Waals surface area contributed by atoms with Crippen LogP contribution in [0.1, 0.15) is 101 Å². The Morgan fingerprint density at radius 3 is 1.73 bits per heavy atom. The van der Waals surface area contributed by atoms with Gasteiger partial charge < -0.3 is 0 Å². The predicted octanol–water partition coefficient (Wildman–Crippen LogP) is 6.75. The molecule has 3 unspecified atom stereocenters. The van der Waals surface area contributed by atoms with Gasteiger partial charge in [-0.1, -0.05) is 101 Å². The molecular formula is C21H45B. The smallest absolute Gasteiger partial charge is 0.0692 e. The van der Waals surface area contributed by atoms with Crippen molar-refractivity contribution in [2.75, 3.05) is 0 Å². The summed E-state index contributed by atoms with van der Waals surface area (Å²) in [5, 5.41) is 0. The van der Waals surface area contributed by atoms with Crippen molar-refractivity contribution in [1.82, 2.24) is 0 Å². The van der Waals surface area contributed by atoms with Crippen LogP contribution in [0.25, 0.3) is 0 Å². The molecule has 0 aliphatic heterocycles. The van der Waals surface area contributed by atoms with Gasteiger partial charge in [-0.3, -0.25) is 0 Å². The highest BCUT2D eigenvalue weighted by molar-refractivity contribution is 6.11. The Kier molecular flexibility index (Phi) is 8.27. The summed E-state index contributed by atoms with van der Waals surface area (Å²) in [5.41, 5.74) is 1.19. The number of rotatable bonds is 10. The first-order chi connectivity index (χ1) is 9.84. The summed E-state index contributed by atoms with van der Waals surface area (Å²) in [7, 11) is 2.44. The van der Waals surface area contributed by atoms with Crippen molar-refractivity contribution in [3.8, 4) is 0 Å².